The molecule has 0 saturated heterocycles. The molecule has 1 unspecified atom stereocenters. The molecule has 0 fully saturated rings. The maximum atomic E-state index is 13.3. The number of esters is 1. The molecule has 6 heteroatoms. The van der Waals surface area contributed by atoms with Crippen LogP contribution in [0.3, 0.4) is 0 Å². The molecule has 18 heavy (non-hydrogen) atoms. The van der Waals surface area contributed by atoms with E-state index in [1.54, 1.807) is 13.0 Å². The fourth-order valence-corrected chi connectivity index (χ4v) is 1.44. The van der Waals surface area contributed by atoms with E-state index in [1.807, 2.05) is 0 Å². The lowest BCUT2D eigenvalue weighted by molar-refractivity contribution is -0.144. The first-order valence-corrected chi connectivity index (χ1v) is 5.33. The van der Waals surface area contributed by atoms with E-state index >= 15 is 0 Å². The van der Waals surface area contributed by atoms with Crippen LogP contribution in [0.15, 0.2) is 12.1 Å². The Hall–Kier alpha value is -2.13. The van der Waals surface area contributed by atoms with Gasteiger partial charge in [-0.05, 0) is 31.0 Å². The SMILES string of the molecule is CCOC(=O)C(N)Cc1cc(F)c(O)c(C#N)c1. The minimum absolute atomic E-state index is 0.0325. The molecule has 0 amide bonds. The number of carbonyl (C=O) groups excluding carboxylic acids is 1. The number of nitrogens with zero attached hydrogens (tertiary/aromatic N) is 1. The summed E-state index contributed by atoms with van der Waals surface area (Å²) in [6.45, 7) is 1.86. The van der Waals surface area contributed by atoms with Crippen molar-refractivity contribution in [1.29, 1.82) is 5.26 Å². The maximum absolute atomic E-state index is 13.3. The van der Waals surface area contributed by atoms with Crippen molar-refractivity contribution in [3.05, 3.63) is 29.1 Å². The molecular weight excluding hydrogens is 239 g/mol. The molecule has 0 heterocycles. The Morgan fingerprint density at radius 3 is 2.89 bits per heavy atom. The zero-order valence-electron chi connectivity index (χ0n) is 9.81. The van der Waals surface area contributed by atoms with Crippen LogP contribution in [0.5, 0.6) is 5.75 Å². The molecule has 0 radical (unpaired) electrons. The van der Waals surface area contributed by atoms with Crippen LogP contribution in [0.25, 0.3) is 0 Å². The molecule has 1 aromatic rings. The second-order valence-corrected chi connectivity index (χ2v) is 3.65. The van der Waals surface area contributed by atoms with E-state index in [9.17, 15) is 14.3 Å². The van der Waals surface area contributed by atoms with Gasteiger partial charge in [0.25, 0.3) is 0 Å². The molecule has 0 aliphatic carbocycles. The van der Waals surface area contributed by atoms with E-state index in [0.29, 0.717) is 5.56 Å². The summed E-state index contributed by atoms with van der Waals surface area (Å²) in [6.07, 6.45) is 0.0325. The lowest BCUT2D eigenvalue weighted by atomic mass is 10.0. The zero-order chi connectivity index (χ0) is 13.7. The first-order chi connectivity index (χ1) is 8.49. The zero-order valence-corrected chi connectivity index (χ0v) is 9.81. The van der Waals surface area contributed by atoms with Crippen LogP contribution in [0.2, 0.25) is 0 Å². The molecule has 1 rings (SSSR count). The summed E-state index contributed by atoms with van der Waals surface area (Å²) in [5.41, 5.74) is 5.73. The lowest BCUT2D eigenvalue weighted by Gasteiger charge is -2.11. The summed E-state index contributed by atoms with van der Waals surface area (Å²) in [5, 5.41) is 17.9. The summed E-state index contributed by atoms with van der Waals surface area (Å²) < 4.78 is 18.0. The molecule has 0 aliphatic heterocycles. The van der Waals surface area contributed by atoms with Crippen LogP contribution in [-0.4, -0.2) is 23.7 Å². The van der Waals surface area contributed by atoms with Gasteiger partial charge in [-0.3, -0.25) is 4.79 Å². The molecule has 0 aromatic heterocycles. The van der Waals surface area contributed by atoms with E-state index in [4.69, 9.17) is 15.7 Å². The number of benzene rings is 1. The number of halogens is 1. The summed E-state index contributed by atoms with van der Waals surface area (Å²) in [6, 6.07) is 3.05. The van der Waals surface area contributed by atoms with E-state index in [1.165, 1.54) is 6.07 Å². The Bertz CT molecular complexity index is 497. The van der Waals surface area contributed by atoms with Crippen molar-refractivity contribution in [3.8, 4) is 11.8 Å². The van der Waals surface area contributed by atoms with Gasteiger partial charge in [0, 0.05) is 0 Å². The summed E-state index contributed by atoms with van der Waals surface area (Å²) >= 11 is 0. The number of aromatic hydroxyl groups is 1. The van der Waals surface area contributed by atoms with Crippen molar-refractivity contribution >= 4 is 5.97 Å². The number of carbonyl (C=O) groups is 1. The summed E-state index contributed by atoms with van der Waals surface area (Å²) in [5.74, 6) is -2.21. The Balaban J connectivity index is 2.89. The number of hydrogen-bond donors (Lipinski definition) is 2. The van der Waals surface area contributed by atoms with Gasteiger partial charge in [0.2, 0.25) is 0 Å². The number of ether oxygens (including phenoxy) is 1. The van der Waals surface area contributed by atoms with Crippen molar-refractivity contribution in [2.24, 2.45) is 5.73 Å². The number of nitriles is 1. The fraction of sp³-hybridized carbons (Fsp3) is 0.333. The molecule has 0 saturated carbocycles. The Kier molecular flexibility index (Phi) is 4.63. The number of phenolic OH excluding ortho intramolecular Hbond substituents is 1. The lowest BCUT2D eigenvalue weighted by Crippen LogP contribution is -2.34. The van der Waals surface area contributed by atoms with E-state index in [-0.39, 0.29) is 18.6 Å². The molecule has 5 nitrogen and oxygen atoms in total. The fourth-order valence-electron chi connectivity index (χ4n) is 1.44. The highest BCUT2D eigenvalue weighted by Crippen LogP contribution is 2.22. The monoisotopic (exact) mass is 252 g/mol. The minimum Gasteiger partial charge on any atom is -0.504 e. The highest BCUT2D eigenvalue weighted by molar-refractivity contribution is 5.75. The van der Waals surface area contributed by atoms with Crippen molar-refractivity contribution in [2.45, 2.75) is 19.4 Å². The molecule has 0 aliphatic rings. The van der Waals surface area contributed by atoms with Gasteiger partial charge in [0.15, 0.2) is 11.6 Å². The van der Waals surface area contributed by atoms with Gasteiger partial charge in [-0.25, -0.2) is 4.39 Å². The Morgan fingerprint density at radius 1 is 1.67 bits per heavy atom. The highest BCUT2D eigenvalue weighted by Gasteiger charge is 2.17. The Morgan fingerprint density at radius 2 is 2.33 bits per heavy atom. The van der Waals surface area contributed by atoms with Gasteiger partial charge in [-0.15, -0.1) is 0 Å². The number of rotatable bonds is 4. The summed E-state index contributed by atoms with van der Waals surface area (Å²) in [4.78, 5) is 11.3. The van der Waals surface area contributed by atoms with Crippen LogP contribution in [-0.2, 0) is 16.0 Å². The normalized spacial score (nSPS) is 11.7. The molecule has 1 atom stereocenters. The predicted molar refractivity (Wildman–Crippen MR) is 61.1 cm³/mol. The third kappa shape index (κ3) is 3.18. The van der Waals surface area contributed by atoms with Crippen LogP contribution in [0.4, 0.5) is 4.39 Å². The van der Waals surface area contributed by atoms with Crippen LogP contribution in [0.1, 0.15) is 18.1 Å². The quantitative estimate of drug-likeness (QED) is 0.774. The average Bonchev–Trinajstić information content (AvgIpc) is 2.33. The highest BCUT2D eigenvalue weighted by atomic mass is 19.1. The van der Waals surface area contributed by atoms with E-state index in [2.05, 4.69) is 0 Å². The van der Waals surface area contributed by atoms with Gasteiger partial charge in [-0.1, -0.05) is 0 Å². The predicted octanol–water partition coefficient (Wildman–Crippen LogP) is 0.836. The first-order valence-electron chi connectivity index (χ1n) is 5.33. The third-order valence-corrected chi connectivity index (χ3v) is 2.29. The molecule has 0 bridgehead atoms. The maximum Gasteiger partial charge on any atom is 0.323 e. The van der Waals surface area contributed by atoms with Crippen LogP contribution in [0, 0.1) is 17.1 Å². The second-order valence-electron chi connectivity index (χ2n) is 3.65. The van der Waals surface area contributed by atoms with Crippen molar-refractivity contribution in [3.63, 3.8) is 0 Å². The van der Waals surface area contributed by atoms with Gasteiger partial charge < -0.3 is 15.6 Å². The van der Waals surface area contributed by atoms with E-state index in [0.717, 1.165) is 6.07 Å². The largest absolute Gasteiger partial charge is 0.504 e. The third-order valence-electron chi connectivity index (χ3n) is 2.29. The minimum atomic E-state index is -0.930. The van der Waals surface area contributed by atoms with Crippen LogP contribution < -0.4 is 5.73 Å². The van der Waals surface area contributed by atoms with Crippen molar-refractivity contribution in [2.75, 3.05) is 6.61 Å². The van der Waals surface area contributed by atoms with Gasteiger partial charge >= 0.3 is 5.97 Å². The molecule has 3 N–H and O–H groups in total. The topological polar surface area (TPSA) is 96.3 Å². The standard InChI is InChI=1S/C12H13FN2O3/c1-2-18-12(17)10(15)5-7-3-8(6-14)11(16)9(13)4-7/h3-4,10,16H,2,5,15H2,1H3. The number of phenols is 1. The number of hydrogen-bond acceptors (Lipinski definition) is 5. The van der Waals surface area contributed by atoms with Gasteiger partial charge in [0.1, 0.15) is 12.1 Å². The first kappa shape index (κ1) is 13.9. The summed E-state index contributed by atoms with van der Waals surface area (Å²) in [7, 11) is 0. The average molecular weight is 252 g/mol. The number of nitrogens with two attached hydrogens (primary N) is 1. The van der Waals surface area contributed by atoms with Gasteiger partial charge in [-0.2, -0.15) is 5.26 Å². The Labute approximate surface area is 104 Å². The smallest absolute Gasteiger partial charge is 0.323 e. The molecular formula is C12H13FN2O3. The molecule has 1 aromatic carbocycles. The van der Waals surface area contributed by atoms with Crippen LogP contribution >= 0.6 is 0 Å². The molecule has 96 valence electrons. The molecule has 0 spiro atoms. The van der Waals surface area contributed by atoms with E-state index < -0.39 is 23.6 Å². The van der Waals surface area contributed by atoms with Crippen molar-refractivity contribution in [1.82, 2.24) is 0 Å². The van der Waals surface area contributed by atoms with Gasteiger partial charge in [0.05, 0.1) is 12.2 Å². The van der Waals surface area contributed by atoms with Crippen molar-refractivity contribution < 1.29 is 19.0 Å². The second kappa shape index (κ2) is 5.98.